The predicted octanol–water partition coefficient (Wildman–Crippen LogP) is 6.37. The fraction of sp³-hybridized carbons (Fsp3) is 0.176. The second-order valence-corrected chi connectivity index (χ2v) is 9.63. The summed E-state index contributed by atoms with van der Waals surface area (Å²) in [6, 6.07) is 9.98. The largest absolute Gasteiger partial charge is 0.339 e. The third kappa shape index (κ3) is 6.42. The van der Waals surface area contributed by atoms with E-state index < -0.39 is 15.9 Å². The summed E-state index contributed by atoms with van der Waals surface area (Å²) >= 11 is 41.3. The zero-order valence-corrected chi connectivity index (χ0v) is 19.5. The van der Waals surface area contributed by atoms with Crippen LogP contribution in [0.15, 0.2) is 36.4 Å². The Kier molecular flexibility index (Phi) is 8.35. The Morgan fingerprint density at radius 2 is 1.61 bits per heavy atom. The Morgan fingerprint density at radius 1 is 1.04 bits per heavy atom. The molecule has 11 heteroatoms. The summed E-state index contributed by atoms with van der Waals surface area (Å²) in [7, 11) is 0. The minimum absolute atomic E-state index is 0.0209. The van der Waals surface area contributed by atoms with E-state index in [2.05, 4.69) is 16.0 Å². The van der Waals surface area contributed by atoms with Crippen LogP contribution in [0.25, 0.3) is 0 Å². The van der Waals surface area contributed by atoms with Crippen LogP contribution in [0.1, 0.15) is 15.9 Å². The number of carbonyl (C=O) groups excluding carboxylic acids is 1. The van der Waals surface area contributed by atoms with Crippen molar-refractivity contribution in [2.75, 3.05) is 5.32 Å². The maximum Gasteiger partial charge on any atom is 0.253 e. The van der Waals surface area contributed by atoms with Gasteiger partial charge in [0.05, 0.1) is 15.7 Å². The van der Waals surface area contributed by atoms with Crippen molar-refractivity contribution in [1.29, 1.82) is 0 Å². The number of carbonyl (C=O) groups is 1. The summed E-state index contributed by atoms with van der Waals surface area (Å²) in [4.78, 5) is 12.6. The van der Waals surface area contributed by atoms with Crippen LogP contribution < -0.4 is 16.0 Å². The number of rotatable bonds is 4. The molecule has 28 heavy (non-hydrogen) atoms. The normalized spacial score (nSPS) is 12.2. The van der Waals surface area contributed by atoms with Crippen LogP contribution in [-0.4, -0.2) is 21.0 Å². The number of amides is 1. The summed E-state index contributed by atoms with van der Waals surface area (Å²) in [5.41, 5.74) is 1.52. The van der Waals surface area contributed by atoms with Crippen molar-refractivity contribution in [1.82, 2.24) is 10.6 Å². The molecule has 0 spiro atoms. The molecule has 0 saturated carbocycles. The molecule has 0 aliphatic heterocycles. The number of thiocarbonyl (C=S) groups is 1. The molecule has 0 radical (unpaired) electrons. The number of anilines is 1. The van der Waals surface area contributed by atoms with Gasteiger partial charge >= 0.3 is 0 Å². The van der Waals surface area contributed by atoms with Crippen molar-refractivity contribution in [3.63, 3.8) is 0 Å². The van der Waals surface area contributed by atoms with Crippen molar-refractivity contribution in [2.45, 2.75) is 16.9 Å². The third-order valence-corrected chi connectivity index (χ3v) is 5.20. The molecule has 0 bridgehead atoms. The van der Waals surface area contributed by atoms with Gasteiger partial charge in [-0.25, -0.2) is 0 Å². The second-order valence-electron chi connectivity index (χ2n) is 5.61. The van der Waals surface area contributed by atoms with E-state index in [-0.39, 0.29) is 15.2 Å². The number of aryl methyl sites for hydroxylation is 1. The lowest BCUT2D eigenvalue weighted by Gasteiger charge is -2.28. The molecule has 2 aromatic carbocycles. The van der Waals surface area contributed by atoms with Gasteiger partial charge in [-0.3, -0.25) is 4.79 Å². The quantitative estimate of drug-likeness (QED) is 0.250. The van der Waals surface area contributed by atoms with E-state index in [1.165, 1.54) is 12.1 Å². The number of alkyl halides is 3. The van der Waals surface area contributed by atoms with Crippen LogP contribution in [0.3, 0.4) is 0 Å². The van der Waals surface area contributed by atoms with Crippen molar-refractivity contribution < 1.29 is 4.79 Å². The fourth-order valence-corrected chi connectivity index (χ4v) is 3.64. The third-order valence-electron chi connectivity index (χ3n) is 3.51. The first-order valence-electron chi connectivity index (χ1n) is 7.64. The van der Waals surface area contributed by atoms with Gasteiger partial charge in [0.15, 0.2) is 5.11 Å². The van der Waals surface area contributed by atoms with Crippen molar-refractivity contribution in [3.05, 3.63) is 62.6 Å². The molecule has 0 aliphatic rings. The second kappa shape index (κ2) is 9.90. The van der Waals surface area contributed by atoms with Gasteiger partial charge in [-0.2, -0.15) is 0 Å². The van der Waals surface area contributed by atoms with Gasteiger partial charge < -0.3 is 16.0 Å². The minimum Gasteiger partial charge on any atom is -0.339 e. The van der Waals surface area contributed by atoms with E-state index in [9.17, 15) is 4.79 Å². The summed E-state index contributed by atoms with van der Waals surface area (Å²) in [5.74, 6) is -0.438. The maximum absolute atomic E-state index is 12.6. The smallest absolute Gasteiger partial charge is 0.253 e. The van der Waals surface area contributed by atoms with Gasteiger partial charge in [-0.1, -0.05) is 87.8 Å². The number of hydrogen-bond acceptors (Lipinski definition) is 2. The predicted molar refractivity (Wildman–Crippen MR) is 124 cm³/mol. The van der Waals surface area contributed by atoms with E-state index in [4.69, 9.17) is 81.8 Å². The molecule has 0 heterocycles. The first-order valence-corrected chi connectivity index (χ1v) is 10.3. The lowest BCUT2D eigenvalue weighted by molar-refractivity contribution is 0.0934. The van der Waals surface area contributed by atoms with Gasteiger partial charge in [0.2, 0.25) is 3.79 Å². The van der Waals surface area contributed by atoms with E-state index >= 15 is 0 Å². The Bertz CT molecular complexity index is 880. The van der Waals surface area contributed by atoms with Crippen LogP contribution >= 0.6 is 81.8 Å². The van der Waals surface area contributed by atoms with Crippen LogP contribution in [0.4, 0.5) is 5.69 Å². The van der Waals surface area contributed by atoms with E-state index in [1.807, 2.05) is 6.07 Å². The zero-order chi connectivity index (χ0) is 21.1. The Balaban J connectivity index is 2.16. The van der Waals surface area contributed by atoms with Crippen molar-refractivity contribution in [2.24, 2.45) is 0 Å². The summed E-state index contributed by atoms with van der Waals surface area (Å²) in [6.45, 7) is 1.80. The molecule has 0 unspecified atom stereocenters. The van der Waals surface area contributed by atoms with Gasteiger partial charge in [0.1, 0.15) is 6.17 Å². The average Bonchev–Trinajstić information content (AvgIpc) is 2.57. The monoisotopic (exact) mass is 517 g/mol. The Labute approximate surface area is 197 Å². The van der Waals surface area contributed by atoms with E-state index in [1.54, 1.807) is 25.1 Å². The first-order chi connectivity index (χ1) is 13.0. The highest BCUT2D eigenvalue weighted by Crippen LogP contribution is 2.34. The highest BCUT2D eigenvalue weighted by Gasteiger charge is 2.35. The lowest BCUT2D eigenvalue weighted by atomic mass is 10.1. The molecule has 2 aromatic rings. The summed E-state index contributed by atoms with van der Waals surface area (Å²) < 4.78 is -1.91. The number of halogens is 6. The molecule has 2 rings (SSSR count). The van der Waals surface area contributed by atoms with Crippen LogP contribution in [0.5, 0.6) is 0 Å². The standard InChI is InChI=1S/C17H13Cl6N3OS/c1-8-4-2-3-5-10(8)14(27)25-15(17(21,22)23)26-16(28)24-13-11(19)6-9(18)7-12(13)20/h2-7,15H,1H3,(H,25,27)(H2,24,26,28)/t15-/m1/s1. The molecule has 3 N–H and O–H groups in total. The molecule has 0 aliphatic carbocycles. The first kappa shape index (κ1) is 23.6. The number of hydrogen-bond donors (Lipinski definition) is 3. The molecule has 1 amide bonds. The van der Waals surface area contributed by atoms with E-state index in [0.29, 0.717) is 16.3 Å². The topological polar surface area (TPSA) is 53.2 Å². The zero-order valence-electron chi connectivity index (χ0n) is 14.1. The molecule has 4 nitrogen and oxygen atoms in total. The average molecular weight is 520 g/mol. The summed E-state index contributed by atoms with van der Waals surface area (Å²) in [5, 5.41) is 9.03. The Hall–Kier alpha value is -0.660. The van der Waals surface area contributed by atoms with Crippen LogP contribution in [0.2, 0.25) is 15.1 Å². The molecular weight excluding hydrogens is 507 g/mol. The van der Waals surface area contributed by atoms with Crippen LogP contribution in [0, 0.1) is 6.92 Å². The highest BCUT2D eigenvalue weighted by molar-refractivity contribution is 7.80. The van der Waals surface area contributed by atoms with Crippen LogP contribution in [-0.2, 0) is 0 Å². The molecule has 0 fully saturated rings. The van der Waals surface area contributed by atoms with E-state index in [0.717, 1.165) is 5.56 Å². The fourth-order valence-electron chi connectivity index (χ4n) is 2.18. The number of nitrogens with one attached hydrogen (secondary N) is 3. The molecule has 1 atom stereocenters. The lowest BCUT2D eigenvalue weighted by Crippen LogP contribution is -2.56. The van der Waals surface area contributed by atoms with Gasteiger partial charge in [-0.15, -0.1) is 0 Å². The van der Waals surface area contributed by atoms with Crippen molar-refractivity contribution >= 4 is 98.5 Å². The SMILES string of the molecule is Cc1ccccc1C(=O)N[C@H](NC(=S)Nc1c(Cl)cc(Cl)cc1Cl)C(Cl)(Cl)Cl. The van der Waals surface area contributed by atoms with Gasteiger partial charge in [0, 0.05) is 10.6 Å². The molecular formula is C17H13Cl6N3OS. The van der Waals surface area contributed by atoms with Gasteiger partial charge in [0.25, 0.3) is 5.91 Å². The number of benzene rings is 2. The van der Waals surface area contributed by atoms with Gasteiger partial charge in [-0.05, 0) is 42.9 Å². The molecule has 0 aromatic heterocycles. The maximum atomic E-state index is 12.6. The molecule has 0 saturated heterocycles. The minimum atomic E-state index is -1.91. The highest BCUT2D eigenvalue weighted by atomic mass is 35.6. The Morgan fingerprint density at radius 3 is 2.14 bits per heavy atom. The molecule has 150 valence electrons. The summed E-state index contributed by atoms with van der Waals surface area (Å²) in [6.07, 6.45) is -1.14. The van der Waals surface area contributed by atoms with Crippen molar-refractivity contribution in [3.8, 4) is 0 Å².